The minimum atomic E-state index is -0.968. The van der Waals surface area contributed by atoms with Crippen molar-refractivity contribution in [1.29, 1.82) is 0 Å². The van der Waals surface area contributed by atoms with E-state index in [2.05, 4.69) is 5.73 Å². The molecular weight excluding hydrogens is 98.0 g/mol. The first-order valence-electron chi connectivity index (χ1n) is 1.64. The van der Waals surface area contributed by atoms with Crippen LogP contribution in [-0.4, -0.2) is 29.8 Å². The van der Waals surface area contributed by atoms with E-state index in [1.54, 1.807) is 0 Å². The minimum absolute atomic E-state index is 0.278. The normalized spacial score (nSPS) is 6.14. The highest BCUT2D eigenvalue weighted by Crippen LogP contribution is 1.43. The van der Waals surface area contributed by atoms with E-state index in [1.165, 1.54) is 0 Å². The molecule has 0 radical (unpaired) electrons. The lowest BCUT2D eigenvalue weighted by Gasteiger charge is -1.73. The van der Waals surface area contributed by atoms with Crippen LogP contribution in [0.2, 0.25) is 0 Å². The summed E-state index contributed by atoms with van der Waals surface area (Å²) in [6.07, 6.45) is 0. The molecule has 0 aliphatic heterocycles. The van der Waals surface area contributed by atoms with Gasteiger partial charge in [-0.1, -0.05) is 0 Å². The smallest absolute Gasteiger partial charge is 0.317 e. The summed E-state index contributed by atoms with van der Waals surface area (Å²) in [6, 6.07) is 0. The predicted octanol–water partition coefficient (Wildman–Crippen LogP) is -1.36. The lowest BCUT2D eigenvalue weighted by Crippen LogP contribution is -2.10. The Kier molecular flexibility index (Phi) is 12.4. The number of rotatable bonds is 1. The third kappa shape index (κ3) is 32.1. The highest BCUT2D eigenvalue weighted by molar-refractivity contribution is 5.68. The fourth-order valence-electron chi connectivity index (χ4n) is 0. The molecule has 0 aliphatic rings. The number of hydrogen-bond donors (Lipinski definition) is 3. The van der Waals surface area contributed by atoms with Crippen LogP contribution in [0.1, 0.15) is 0 Å². The van der Waals surface area contributed by atoms with Gasteiger partial charge < -0.3 is 15.9 Å². The van der Waals surface area contributed by atoms with Gasteiger partial charge in [-0.25, -0.2) is 0 Å². The fourth-order valence-corrected chi connectivity index (χ4v) is 0. The van der Waals surface area contributed by atoms with Crippen LogP contribution >= 0.6 is 0 Å². The summed E-state index contributed by atoms with van der Waals surface area (Å²) in [6.45, 7) is -0.278. The van der Waals surface area contributed by atoms with Crippen molar-refractivity contribution in [3.05, 3.63) is 0 Å². The molecule has 4 heteroatoms. The lowest BCUT2D eigenvalue weighted by atomic mass is 10.7. The molecule has 4 N–H and O–H groups in total. The van der Waals surface area contributed by atoms with E-state index in [9.17, 15) is 4.79 Å². The number of aliphatic carboxylic acids is 1. The number of nitrogens with two attached hydrogens (primary N) is 1. The van der Waals surface area contributed by atoms with Gasteiger partial charge in [0, 0.05) is 7.11 Å². The summed E-state index contributed by atoms with van der Waals surface area (Å²) in [7, 11) is 1.00. The summed E-state index contributed by atoms with van der Waals surface area (Å²) in [4.78, 5) is 9.24. The topological polar surface area (TPSA) is 83.5 Å². The van der Waals surface area contributed by atoms with Crippen molar-refractivity contribution in [2.75, 3.05) is 13.7 Å². The molecule has 0 rings (SSSR count). The van der Waals surface area contributed by atoms with Crippen LogP contribution in [0.5, 0.6) is 0 Å². The van der Waals surface area contributed by atoms with Gasteiger partial charge in [0.25, 0.3) is 0 Å². The maximum Gasteiger partial charge on any atom is 0.317 e. The van der Waals surface area contributed by atoms with Crippen molar-refractivity contribution < 1.29 is 15.0 Å². The largest absolute Gasteiger partial charge is 0.480 e. The molecule has 0 heterocycles. The zero-order chi connectivity index (χ0) is 6.28. The van der Waals surface area contributed by atoms with Crippen LogP contribution in [-0.2, 0) is 4.79 Å². The molecule has 0 aromatic rings. The third-order valence-electron chi connectivity index (χ3n) is 0.175. The summed E-state index contributed by atoms with van der Waals surface area (Å²) >= 11 is 0. The minimum Gasteiger partial charge on any atom is -0.480 e. The molecule has 44 valence electrons. The highest BCUT2D eigenvalue weighted by atomic mass is 16.4. The first kappa shape index (κ1) is 9.63. The van der Waals surface area contributed by atoms with E-state index >= 15 is 0 Å². The zero-order valence-electron chi connectivity index (χ0n) is 4.09. The molecule has 0 saturated heterocycles. The summed E-state index contributed by atoms with van der Waals surface area (Å²) < 4.78 is 0. The Labute approximate surface area is 41.6 Å². The standard InChI is InChI=1S/C2H5NO2.CH4O/c3-1-2(4)5;1-2/h1,3H2,(H,4,5);2H,1H3. The first-order valence-corrected chi connectivity index (χ1v) is 1.64. The maximum absolute atomic E-state index is 9.24. The molecule has 4 nitrogen and oxygen atoms in total. The predicted molar refractivity (Wildman–Crippen MR) is 24.8 cm³/mol. The molecular formula is C3H9NO3. The lowest BCUT2D eigenvalue weighted by molar-refractivity contribution is -0.135. The number of aliphatic hydroxyl groups excluding tert-OH is 1. The van der Waals surface area contributed by atoms with Gasteiger partial charge in [0.2, 0.25) is 0 Å². The zero-order valence-corrected chi connectivity index (χ0v) is 4.09. The van der Waals surface area contributed by atoms with Gasteiger partial charge in [0.1, 0.15) is 0 Å². The van der Waals surface area contributed by atoms with Gasteiger partial charge >= 0.3 is 5.97 Å². The number of carboxylic acid groups (broad SMARTS) is 1. The van der Waals surface area contributed by atoms with E-state index in [0.29, 0.717) is 0 Å². The molecule has 0 fully saturated rings. The number of carboxylic acids is 1. The molecule has 0 aromatic heterocycles. The summed E-state index contributed by atoms with van der Waals surface area (Å²) in [5.74, 6) is -0.968. The molecule has 0 aliphatic carbocycles. The number of carbonyl (C=O) groups is 1. The average molecular weight is 107 g/mol. The van der Waals surface area contributed by atoms with Gasteiger partial charge in [-0.05, 0) is 0 Å². The van der Waals surface area contributed by atoms with Crippen molar-refractivity contribution in [3.63, 3.8) is 0 Å². The van der Waals surface area contributed by atoms with Gasteiger partial charge in [-0.2, -0.15) is 0 Å². The maximum atomic E-state index is 9.24. The molecule has 0 saturated carbocycles. The van der Waals surface area contributed by atoms with Crippen molar-refractivity contribution in [1.82, 2.24) is 0 Å². The Hall–Kier alpha value is -0.610. The second kappa shape index (κ2) is 9.04. The second-order valence-corrected chi connectivity index (χ2v) is 0.598. The van der Waals surface area contributed by atoms with Crippen LogP contribution in [0.3, 0.4) is 0 Å². The Bertz CT molecular complexity index is 45.4. The van der Waals surface area contributed by atoms with Crippen LogP contribution < -0.4 is 5.73 Å². The average Bonchev–Trinajstić information content (AvgIpc) is 1.73. The van der Waals surface area contributed by atoms with Crippen LogP contribution in [0.4, 0.5) is 0 Å². The van der Waals surface area contributed by atoms with E-state index in [0.717, 1.165) is 7.11 Å². The van der Waals surface area contributed by atoms with Crippen molar-refractivity contribution >= 4 is 5.97 Å². The van der Waals surface area contributed by atoms with Crippen LogP contribution in [0, 0.1) is 0 Å². The molecule has 0 spiro atoms. The van der Waals surface area contributed by atoms with E-state index in [1.807, 2.05) is 0 Å². The molecule has 0 unspecified atom stereocenters. The van der Waals surface area contributed by atoms with Crippen molar-refractivity contribution in [2.24, 2.45) is 5.73 Å². The third-order valence-corrected chi connectivity index (χ3v) is 0.175. The monoisotopic (exact) mass is 107 g/mol. The van der Waals surface area contributed by atoms with Crippen LogP contribution in [0.15, 0.2) is 0 Å². The van der Waals surface area contributed by atoms with Gasteiger partial charge in [0.05, 0.1) is 6.54 Å². The van der Waals surface area contributed by atoms with Gasteiger partial charge in [-0.15, -0.1) is 0 Å². The number of aliphatic hydroxyl groups is 1. The molecule has 0 aromatic carbocycles. The Morgan fingerprint density at radius 3 is 1.86 bits per heavy atom. The Morgan fingerprint density at radius 1 is 1.71 bits per heavy atom. The summed E-state index contributed by atoms with van der Waals surface area (Å²) in [5.41, 5.74) is 4.57. The fraction of sp³-hybridized carbons (Fsp3) is 0.667. The molecule has 0 amide bonds. The van der Waals surface area contributed by atoms with E-state index < -0.39 is 5.97 Å². The van der Waals surface area contributed by atoms with E-state index in [-0.39, 0.29) is 6.54 Å². The first-order chi connectivity index (χ1) is 3.27. The molecule has 0 atom stereocenters. The number of hydrogen-bond acceptors (Lipinski definition) is 3. The van der Waals surface area contributed by atoms with Gasteiger partial charge in [0.15, 0.2) is 0 Å². The highest BCUT2D eigenvalue weighted by Gasteiger charge is 1.81. The van der Waals surface area contributed by atoms with Crippen LogP contribution in [0.25, 0.3) is 0 Å². The second-order valence-electron chi connectivity index (χ2n) is 0.598. The SMILES string of the molecule is CO.NCC(=O)O. The summed E-state index contributed by atoms with van der Waals surface area (Å²) in [5, 5.41) is 14.6. The van der Waals surface area contributed by atoms with Crippen molar-refractivity contribution in [3.8, 4) is 0 Å². The van der Waals surface area contributed by atoms with E-state index in [4.69, 9.17) is 10.2 Å². The van der Waals surface area contributed by atoms with Gasteiger partial charge in [-0.3, -0.25) is 4.79 Å². The quantitative estimate of drug-likeness (QED) is 0.386. The Balaban J connectivity index is 0. The van der Waals surface area contributed by atoms with Crippen molar-refractivity contribution in [2.45, 2.75) is 0 Å². The Morgan fingerprint density at radius 2 is 1.86 bits per heavy atom. The molecule has 7 heavy (non-hydrogen) atoms. The molecule has 0 bridgehead atoms.